The molecule has 11 N–H and O–H groups in total. The minimum Gasteiger partial charge on any atom is -0.459 e. The van der Waals surface area contributed by atoms with Crippen LogP contribution in [0.2, 0.25) is 0 Å². The molecule has 0 spiro atoms. The molecule has 0 unspecified atom stereocenters. The van der Waals surface area contributed by atoms with Gasteiger partial charge in [0.25, 0.3) is 0 Å². The molecule has 8 heterocycles. The Hall–Kier alpha value is -5.17. The fourth-order valence-electron chi connectivity index (χ4n) is 21.1. The van der Waals surface area contributed by atoms with Crippen LogP contribution in [0.25, 0.3) is 21.8 Å². The van der Waals surface area contributed by atoms with Gasteiger partial charge in [-0.2, -0.15) is 0 Å². The van der Waals surface area contributed by atoms with E-state index in [0.717, 1.165) is 33.8 Å². The highest BCUT2D eigenvalue weighted by molar-refractivity contribution is 5.83. The molecule has 770 valence electrons. The predicted molar refractivity (Wildman–Crippen MR) is 515 cm³/mol. The standard InChI is InChI=1S/C51H86N4O12.C41H79N3O12.C10H7NO/c1-15-40-51(10,60)44(56)34(6)55(13)29-30(2)26-49(8,59)46(32(4)42(33(5)47(58)65-40)66-41-27-50(9,61-14)45(57)35(7)64-41)67-48-43(39(54(11)12)25-31(3)63-48)62-24-18-23-52-28-37-22-21-36-19-16-17-20-38(36)53-37;1-15-30-41(10,49)34(45)27(6)44(13)22-23(2)20-39(8,48)36(56-38-33(51-18-16-17-42)29(43(11)12)19-24(3)52-38)25(4)32(26(5)37(47)54-30)55-31-21-40(9,50-14)35(46)28(7)53-31;12-7-9-6-5-8-3-1-2-4-10(8)11-9/h16-17,19-22,30-35,39-46,48,52,56-57,59-60H,15,18,23-29H2,1-14H3;23-36,38,45-46,48-49H,15-22,42H2,1-14H3;1-7H/t30-,31-,32+,33-,34-,35+,39+,40-,41+,42+,43-,44-,45+,46-,48+,49-,50-,51-;23-,24-,25+,26-,27-,28+,29+,30-,31+,32+,33-,34-,35+,36-,38+,39-,40-,41-;/m11./s1. The summed E-state index contributed by atoms with van der Waals surface area (Å²) in [5.41, 5.74) is 0.376. The van der Waals surface area contributed by atoms with Gasteiger partial charge in [-0.1, -0.05) is 90.1 Å². The number of carbonyl (C=O) groups excluding carboxylic acids is 3. The number of pyridine rings is 2. The predicted octanol–water partition coefficient (Wildman–Crippen LogP) is 8.97. The van der Waals surface area contributed by atoms with Crippen LogP contribution in [-0.4, -0.2) is 365 Å². The number of nitrogens with two attached hydrogens (primary N) is 1. The molecule has 0 amide bonds. The number of methoxy groups -OCH3 is 2. The van der Waals surface area contributed by atoms with Crippen molar-refractivity contribution in [3.63, 3.8) is 0 Å². The summed E-state index contributed by atoms with van der Waals surface area (Å²) in [4.78, 5) is 56.3. The number of cyclic esters (lactones) is 2. The van der Waals surface area contributed by atoms with Crippen molar-refractivity contribution in [2.45, 2.75) is 390 Å². The SMILES string of the molecule is CC[C@H]1OC(=O)[C@H](C)[C@@H](O[C@H]2C[C@@](C)(OC)[C@@H](O)[C@H](C)O2)[C@H](C)[C@@H](O[C@@H]2O[C@H](C)C[C@H](N(C)C)[C@H]2OCCCN)[C@](C)(O)C[C@@H](C)CN(C)[C@H](C)[C@@H](O)[C@]1(C)O.CC[C@H]1OC(=O)[C@H](C)[C@@H](O[C@H]2C[C@@](C)(OC)[C@@H](O)[C@H](C)O2)[C@H](C)[C@@H](O[C@@H]2O[C@H](C)C[C@H](N(C)C)[C@H]2OCCCNCc2ccc3ccccc3n2)[C@](C)(O)C[C@@H](C)CN(C)[C@H](C)[C@@H](O)[C@]1(C)O.O=Cc1ccc2ccccc2n1. The minimum absolute atomic E-state index is 0.0699. The van der Waals surface area contributed by atoms with Crippen molar-refractivity contribution in [3.8, 4) is 0 Å². The number of aldehydes is 1. The highest BCUT2D eigenvalue weighted by Crippen LogP contribution is 2.45. The van der Waals surface area contributed by atoms with Gasteiger partial charge in [-0.05, 0) is 240 Å². The maximum Gasteiger partial charge on any atom is 0.311 e. The summed E-state index contributed by atoms with van der Waals surface area (Å²) in [6.45, 7) is 39.4. The van der Waals surface area contributed by atoms with E-state index in [-0.39, 0.29) is 74.7 Å². The average molecular weight is 1910 g/mol. The fraction of sp³-hybridized carbons (Fsp3) is 0.794. The lowest BCUT2D eigenvalue weighted by molar-refractivity contribution is -0.321. The van der Waals surface area contributed by atoms with Gasteiger partial charge in [0, 0.05) is 107 Å². The number of fused-ring (bicyclic) bond motifs is 2. The lowest BCUT2D eigenvalue weighted by Crippen LogP contribution is -2.61. The minimum atomic E-state index is -1.81. The molecule has 0 bridgehead atoms. The van der Waals surface area contributed by atoms with Crippen LogP contribution < -0.4 is 11.1 Å². The third kappa shape index (κ3) is 29.5. The van der Waals surface area contributed by atoms with Gasteiger partial charge in [0.15, 0.2) is 31.4 Å². The van der Waals surface area contributed by atoms with Crippen LogP contribution >= 0.6 is 0 Å². The van der Waals surface area contributed by atoms with Crippen LogP contribution in [0.3, 0.4) is 0 Å². The maximum absolute atomic E-state index is 14.5. The number of nitrogens with zero attached hydrogens (tertiary/aromatic N) is 6. The molecular formula is C102H172N8O25. The number of carbonyl (C=O) groups is 3. The van der Waals surface area contributed by atoms with E-state index in [1.54, 1.807) is 75.3 Å². The number of hydrogen-bond acceptors (Lipinski definition) is 33. The molecule has 135 heavy (non-hydrogen) atoms. The molecule has 10 rings (SSSR count). The third-order valence-corrected chi connectivity index (χ3v) is 29.5. The van der Waals surface area contributed by atoms with Crippen LogP contribution in [0.15, 0.2) is 72.8 Å². The van der Waals surface area contributed by atoms with Crippen molar-refractivity contribution in [1.82, 2.24) is 34.9 Å². The second-order valence-electron chi connectivity index (χ2n) is 41.7. The average Bonchev–Trinajstić information content (AvgIpc) is 1.30. The van der Waals surface area contributed by atoms with E-state index >= 15 is 0 Å². The Morgan fingerprint density at radius 1 is 0.519 bits per heavy atom. The molecule has 6 aliphatic rings. The summed E-state index contributed by atoms with van der Waals surface area (Å²) >= 11 is 0. The zero-order valence-electron chi connectivity index (χ0n) is 86.1. The molecule has 6 fully saturated rings. The van der Waals surface area contributed by atoms with Crippen LogP contribution in [0.5, 0.6) is 0 Å². The lowest BCUT2D eigenvalue weighted by atomic mass is 9.77. The molecule has 6 saturated heterocycles. The quantitative estimate of drug-likeness (QED) is 0.0159. The van der Waals surface area contributed by atoms with Gasteiger partial charge in [-0.3, -0.25) is 19.4 Å². The van der Waals surface area contributed by atoms with Gasteiger partial charge >= 0.3 is 11.9 Å². The van der Waals surface area contributed by atoms with Gasteiger partial charge in [-0.25, -0.2) is 4.98 Å². The summed E-state index contributed by atoms with van der Waals surface area (Å²) < 4.78 is 90.7. The number of aliphatic hydroxyl groups excluding tert-OH is 4. The van der Waals surface area contributed by atoms with Crippen molar-refractivity contribution >= 4 is 40.0 Å². The molecule has 4 aromatic rings. The van der Waals surface area contributed by atoms with Crippen molar-refractivity contribution in [1.29, 1.82) is 0 Å². The number of ether oxygens (including phenoxy) is 14. The molecule has 6 aliphatic heterocycles. The first-order valence-electron chi connectivity index (χ1n) is 49.2. The number of aromatic nitrogens is 2. The fourth-order valence-corrected chi connectivity index (χ4v) is 21.1. The third-order valence-electron chi connectivity index (χ3n) is 29.5. The molecule has 0 aliphatic carbocycles. The number of nitrogens with one attached hydrogen (secondary N) is 1. The molecular weight excluding hydrogens is 1740 g/mol. The van der Waals surface area contributed by atoms with Gasteiger partial charge < -0.3 is 138 Å². The van der Waals surface area contributed by atoms with Crippen LogP contribution in [0.1, 0.15) is 219 Å². The monoisotopic (exact) mass is 1910 g/mol. The van der Waals surface area contributed by atoms with Gasteiger partial charge in [0.2, 0.25) is 0 Å². The summed E-state index contributed by atoms with van der Waals surface area (Å²) in [7, 11) is 14.8. The Labute approximate surface area is 803 Å². The summed E-state index contributed by atoms with van der Waals surface area (Å²) in [5, 5.41) is 100. The van der Waals surface area contributed by atoms with E-state index in [4.69, 9.17) is 77.0 Å². The Kier molecular flexibility index (Phi) is 43.2. The number of likely N-dealkylation sites (N-methyl/N-ethyl adjacent to an activating group) is 4. The van der Waals surface area contributed by atoms with Gasteiger partial charge in [0.1, 0.15) is 65.7 Å². The molecule has 36 atom stereocenters. The van der Waals surface area contributed by atoms with Crippen molar-refractivity contribution in [2.24, 2.45) is 41.2 Å². The van der Waals surface area contributed by atoms with Crippen molar-refractivity contribution < 1.29 is 122 Å². The smallest absolute Gasteiger partial charge is 0.311 e. The number of benzene rings is 2. The van der Waals surface area contributed by atoms with Crippen LogP contribution in [-0.2, 0) is 82.4 Å². The summed E-state index contributed by atoms with van der Waals surface area (Å²) in [6, 6.07) is 22.3. The van der Waals surface area contributed by atoms with Gasteiger partial charge in [0.05, 0.1) is 99.8 Å². The Bertz CT molecular complexity index is 4250. The Morgan fingerprint density at radius 2 is 0.911 bits per heavy atom. The van der Waals surface area contributed by atoms with E-state index in [0.29, 0.717) is 77.3 Å². The molecule has 0 saturated carbocycles. The summed E-state index contributed by atoms with van der Waals surface area (Å²) in [5.74, 6) is -5.05. The molecule has 33 nitrogen and oxygen atoms in total. The zero-order valence-corrected chi connectivity index (χ0v) is 86.1. The van der Waals surface area contributed by atoms with E-state index in [1.807, 2.05) is 162 Å². The molecule has 2 aromatic carbocycles. The number of para-hydroxylation sites is 2. The van der Waals surface area contributed by atoms with Crippen LogP contribution in [0.4, 0.5) is 0 Å². The highest BCUT2D eigenvalue weighted by Gasteiger charge is 2.57. The summed E-state index contributed by atoms with van der Waals surface area (Å²) in [6.07, 6.45) is -12.4. The number of hydrogen-bond donors (Lipinski definition) is 10. The lowest BCUT2D eigenvalue weighted by Gasteiger charge is -2.49. The first-order valence-corrected chi connectivity index (χ1v) is 49.2. The zero-order chi connectivity index (χ0) is 100. The highest BCUT2D eigenvalue weighted by atomic mass is 16.7. The second kappa shape index (κ2) is 50.7. The second-order valence-corrected chi connectivity index (χ2v) is 41.7. The number of aliphatic hydroxyl groups is 8. The Balaban J connectivity index is 0.000000297. The van der Waals surface area contributed by atoms with Crippen molar-refractivity contribution in [3.05, 3.63) is 84.2 Å². The van der Waals surface area contributed by atoms with E-state index in [2.05, 4.69) is 32.2 Å². The van der Waals surface area contributed by atoms with E-state index < -0.39 is 192 Å². The first-order chi connectivity index (χ1) is 63.3. The largest absolute Gasteiger partial charge is 0.459 e. The number of rotatable bonds is 26. The molecule has 2 aromatic heterocycles. The Morgan fingerprint density at radius 3 is 1.30 bits per heavy atom. The first kappa shape index (κ1) is 115. The maximum atomic E-state index is 14.5. The normalized spacial score (nSPS) is 40.8. The topological polar surface area (TPSA) is 419 Å². The van der Waals surface area contributed by atoms with E-state index in [1.165, 1.54) is 28.1 Å². The van der Waals surface area contributed by atoms with Gasteiger partial charge in [-0.15, -0.1) is 0 Å². The van der Waals surface area contributed by atoms with E-state index in [9.17, 15) is 55.2 Å². The molecule has 33 heteroatoms. The molecule has 0 radical (unpaired) electrons. The van der Waals surface area contributed by atoms with Crippen LogP contribution in [0, 0.1) is 35.5 Å². The number of esters is 2. The van der Waals surface area contributed by atoms with Crippen molar-refractivity contribution in [2.75, 3.05) is 95.9 Å².